The predicted molar refractivity (Wildman–Crippen MR) is 70.4 cm³/mol. The Hall–Kier alpha value is -1.13. The maximum absolute atomic E-state index is 12.7. The van der Waals surface area contributed by atoms with E-state index in [2.05, 4.69) is 10.2 Å². The Kier molecular flexibility index (Phi) is 4.96. The van der Waals surface area contributed by atoms with Crippen LogP contribution in [0.2, 0.25) is 0 Å². The summed E-state index contributed by atoms with van der Waals surface area (Å²) in [5.74, 6) is 0.511. The quantitative estimate of drug-likeness (QED) is 0.836. The van der Waals surface area contributed by atoms with Crippen LogP contribution in [0, 0.1) is 5.82 Å². The van der Waals surface area contributed by atoms with E-state index in [1.165, 1.54) is 25.0 Å². The summed E-state index contributed by atoms with van der Waals surface area (Å²) in [5.41, 5.74) is 0. The second-order valence-electron chi connectivity index (χ2n) is 4.69. The highest BCUT2D eigenvalue weighted by atomic mass is 19.1. The molecule has 1 aromatic rings. The van der Waals surface area contributed by atoms with Crippen LogP contribution in [-0.4, -0.2) is 44.2 Å². The minimum absolute atomic E-state index is 0.226. The molecule has 4 heteroatoms. The molecule has 1 heterocycles. The molecule has 0 radical (unpaired) electrons. The number of halogens is 1. The molecule has 0 spiro atoms. The van der Waals surface area contributed by atoms with Gasteiger partial charge >= 0.3 is 0 Å². The van der Waals surface area contributed by atoms with Crippen molar-refractivity contribution in [3.05, 3.63) is 30.1 Å². The first-order valence-electron chi connectivity index (χ1n) is 6.56. The molecule has 0 aromatic heterocycles. The Morgan fingerprint density at radius 1 is 1.39 bits per heavy atom. The first kappa shape index (κ1) is 13.3. The van der Waals surface area contributed by atoms with E-state index < -0.39 is 0 Å². The lowest BCUT2D eigenvalue weighted by atomic mass is 10.2. The average molecular weight is 252 g/mol. The van der Waals surface area contributed by atoms with Crippen LogP contribution in [-0.2, 0) is 0 Å². The van der Waals surface area contributed by atoms with Crippen molar-refractivity contribution in [1.29, 1.82) is 0 Å². The summed E-state index contributed by atoms with van der Waals surface area (Å²) < 4.78 is 18.3. The number of nitrogens with zero attached hydrogens (tertiary/aromatic N) is 1. The van der Waals surface area contributed by atoms with E-state index in [4.69, 9.17) is 4.74 Å². The molecule has 3 nitrogen and oxygen atoms in total. The second kappa shape index (κ2) is 6.71. The smallest absolute Gasteiger partial charge is 0.123 e. The molecule has 2 rings (SSSR count). The zero-order valence-electron chi connectivity index (χ0n) is 10.9. The summed E-state index contributed by atoms with van der Waals surface area (Å²) >= 11 is 0. The molecule has 100 valence electrons. The van der Waals surface area contributed by atoms with Crippen molar-refractivity contribution in [3.8, 4) is 5.75 Å². The van der Waals surface area contributed by atoms with Crippen LogP contribution in [0.5, 0.6) is 5.75 Å². The standard InChI is InChI=1S/C14H21FN2O/c1-16-11-13-3-2-8-17(13)9-10-18-14-6-4-12(15)5-7-14/h4-7,13,16H,2-3,8-11H2,1H3. The van der Waals surface area contributed by atoms with Crippen LogP contribution in [0.15, 0.2) is 24.3 Å². The minimum atomic E-state index is -0.226. The molecular weight excluding hydrogens is 231 g/mol. The monoisotopic (exact) mass is 252 g/mol. The van der Waals surface area contributed by atoms with E-state index >= 15 is 0 Å². The van der Waals surface area contributed by atoms with E-state index in [-0.39, 0.29) is 5.82 Å². The molecule has 0 aliphatic carbocycles. The lowest BCUT2D eigenvalue weighted by molar-refractivity contribution is 0.195. The van der Waals surface area contributed by atoms with E-state index in [1.807, 2.05) is 7.05 Å². The van der Waals surface area contributed by atoms with Crippen LogP contribution < -0.4 is 10.1 Å². The third kappa shape index (κ3) is 3.68. The third-order valence-corrected chi connectivity index (χ3v) is 3.40. The summed E-state index contributed by atoms with van der Waals surface area (Å²) in [6.07, 6.45) is 2.53. The fourth-order valence-electron chi connectivity index (χ4n) is 2.47. The summed E-state index contributed by atoms with van der Waals surface area (Å²) in [5, 5.41) is 3.23. The van der Waals surface area contributed by atoms with Crippen molar-refractivity contribution in [1.82, 2.24) is 10.2 Å². The Labute approximate surface area is 108 Å². The van der Waals surface area contributed by atoms with Gasteiger partial charge in [-0.15, -0.1) is 0 Å². The Morgan fingerprint density at radius 3 is 2.89 bits per heavy atom. The van der Waals surface area contributed by atoms with Crippen molar-refractivity contribution in [3.63, 3.8) is 0 Å². The molecule has 1 atom stereocenters. The van der Waals surface area contributed by atoms with Gasteiger partial charge in [0.15, 0.2) is 0 Å². The second-order valence-corrected chi connectivity index (χ2v) is 4.69. The van der Waals surface area contributed by atoms with Gasteiger partial charge < -0.3 is 10.1 Å². The predicted octanol–water partition coefficient (Wildman–Crippen LogP) is 1.89. The number of likely N-dealkylation sites (N-methyl/N-ethyl adjacent to an activating group) is 1. The Morgan fingerprint density at radius 2 is 2.17 bits per heavy atom. The normalized spacial score (nSPS) is 20.2. The van der Waals surface area contributed by atoms with Crippen molar-refractivity contribution >= 4 is 0 Å². The first-order chi connectivity index (χ1) is 8.79. The molecule has 1 aliphatic rings. The SMILES string of the molecule is CNCC1CCCN1CCOc1ccc(F)cc1. The van der Waals surface area contributed by atoms with Crippen LogP contribution in [0.25, 0.3) is 0 Å². The van der Waals surface area contributed by atoms with Crippen molar-refractivity contribution in [2.75, 3.05) is 33.3 Å². The van der Waals surface area contributed by atoms with Gasteiger partial charge in [-0.25, -0.2) is 4.39 Å². The highest BCUT2D eigenvalue weighted by Gasteiger charge is 2.23. The van der Waals surface area contributed by atoms with Gasteiger partial charge in [0.2, 0.25) is 0 Å². The molecule has 1 saturated heterocycles. The van der Waals surface area contributed by atoms with Gasteiger partial charge in [0.25, 0.3) is 0 Å². The summed E-state index contributed by atoms with van der Waals surface area (Å²) in [6, 6.07) is 6.82. The van der Waals surface area contributed by atoms with E-state index in [1.54, 1.807) is 12.1 Å². The highest BCUT2D eigenvalue weighted by molar-refractivity contribution is 5.21. The van der Waals surface area contributed by atoms with Gasteiger partial charge in [-0.2, -0.15) is 0 Å². The van der Waals surface area contributed by atoms with Crippen molar-refractivity contribution in [2.24, 2.45) is 0 Å². The molecule has 1 aromatic carbocycles. The molecule has 1 aliphatic heterocycles. The first-order valence-corrected chi connectivity index (χ1v) is 6.56. The zero-order chi connectivity index (χ0) is 12.8. The number of benzene rings is 1. The van der Waals surface area contributed by atoms with Crippen LogP contribution >= 0.6 is 0 Å². The summed E-state index contributed by atoms with van der Waals surface area (Å²) in [4.78, 5) is 2.46. The maximum atomic E-state index is 12.7. The van der Waals surface area contributed by atoms with Gasteiger partial charge in [0, 0.05) is 19.1 Å². The molecule has 0 amide bonds. The fraction of sp³-hybridized carbons (Fsp3) is 0.571. The number of hydrogen-bond donors (Lipinski definition) is 1. The molecular formula is C14H21FN2O. The summed E-state index contributed by atoms with van der Waals surface area (Å²) in [6.45, 7) is 3.78. The minimum Gasteiger partial charge on any atom is -0.492 e. The molecule has 0 bridgehead atoms. The Balaban J connectivity index is 1.73. The van der Waals surface area contributed by atoms with Crippen molar-refractivity contribution < 1.29 is 9.13 Å². The van der Waals surface area contributed by atoms with Gasteiger partial charge in [0.1, 0.15) is 18.2 Å². The highest BCUT2D eigenvalue weighted by Crippen LogP contribution is 2.16. The third-order valence-electron chi connectivity index (χ3n) is 3.40. The van der Waals surface area contributed by atoms with Gasteiger partial charge in [0.05, 0.1) is 0 Å². The van der Waals surface area contributed by atoms with Crippen LogP contribution in [0.4, 0.5) is 4.39 Å². The average Bonchev–Trinajstić information content (AvgIpc) is 2.80. The number of nitrogens with one attached hydrogen (secondary N) is 1. The molecule has 0 saturated carbocycles. The van der Waals surface area contributed by atoms with Gasteiger partial charge in [-0.3, -0.25) is 4.90 Å². The Bertz CT molecular complexity index is 355. The lowest BCUT2D eigenvalue weighted by Crippen LogP contribution is -2.38. The summed E-state index contributed by atoms with van der Waals surface area (Å²) in [7, 11) is 1.99. The van der Waals surface area contributed by atoms with Crippen LogP contribution in [0.1, 0.15) is 12.8 Å². The zero-order valence-corrected chi connectivity index (χ0v) is 10.9. The number of likely N-dealkylation sites (tertiary alicyclic amines) is 1. The number of hydrogen-bond acceptors (Lipinski definition) is 3. The van der Waals surface area contributed by atoms with Gasteiger partial charge in [-0.05, 0) is 50.7 Å². The maximum Gasteiger partial charge on any atom is 0.123 e. The number of ether oxygens (including phenoxy) is 1. The molecule has 18 heavy (non-hydrogen) atoms. The van der Waals surface area contributed by atoms with Gasteiger partial charge in [-0.1, -0.05) is 0 Å². The fourth-order valence-corrected chi connectivity index (χ4v) is 2.47. The lowest BCUT2D eigenvalue weighted by Gasteiger charge is -2.24. The van der Waals surface area contributed by atoms with Crippen LogP contribution in [0.3, 0.4) is 0 Å². The molecule has 1 fully saturated rings. The van der Waals surface area contributed by atoms with E-state index in [0.29, 0.717) is 12.6 Å². The molecule has 1 unspecified atom stereocenters. The number of rotatable bonds is 6. The van der Waals surface area contributed by atoms with E-state index in [0.717, 1.165) is 25.4 Å². The largest absolute Gasteiger partial charge is 0.492 e. The van der Waals surface area contributed by atoms with Crippen molar-refractivity contribution in [2.45, 2.75) is 18.9 Å². The van der Waals surface area contributed by atoms with E-state index in [9.17, 15) is 4.39 Å². The topological polar surface area (TPSA) is 24.5 Å². The molecule has 1 N–H and O–H groups in total.